The third-order valence-corrected chi connectivity index (χ3v) is 2.23. The highest BCUT2D eigenvalue weighted by Gasteiger charge is 2.45. The quantitative estimate of drug-likeness (QED) is 0.610. The number of aliphatic hydroxyl groups excluding tert-OH is 1. The van der Waals surface area contributed by atoms with E-state index in [1.54, 1.807) is 7.11 Å². The Bertz CT molecular complexity index is 150. The van der Waals surface area contributed by atoms with E-state index in [-0.39, 0.29) is 12.7 Å². The molecule has 1 rings (SSSR count). The fraction of sp³-hybridized carbons (Fsp3) is 1.00. The van der Waals surface area contributed by atoms with Gasteiger partial charge >= 0.3 is 0 Å². The lowest BCUT2D eigenvalue weighted by atomic mass is 9.95. The van der Waals surface area contributed by atoms with Crippen LogP contribution in [0, 0.1) is 0 Å². The summed E-state index contributed by atoms with van der Waals surface area (Å²) in [4.78, 5) is 0. The Kier molecular flexibility index (Phi) is 3.06. The first-order valence-corrected chi connectivity index (χ1v) is 4.10. The van der Waals surface area contributed by atoms with Crippen molar-refractivity contribution in [2.45, 2.75) is 31.2 Å². The van der Waals surface area contributed by atoms with Crippen LogP contribution in [0.2, 0.25) is 0 Å². The topological polar surface area (TPSA) is 58.9 Å². The molecule has 0 aromatic heterocycles. The lowest BCUT2D eigenvalue weighted by molar-refractivity contribution is -0.0985. The van der Waals surface area contributed by atoms with E-state index in [9.17, 15) is 5.11 Å². The summed E-state index contributed by atoms with van der Waals surface area (Å²) < 4.78 is 10.2. The zero-order valence-corrected chi connectivity index (χ0v) is 7.49. The van der Waals surface area contributed by atoms with Crippen molar-refractivity contribution in [2.24, 2.45) is 0 Å². The van der Waals surface area contributed by atoms with Crippen LogP contribution in [0.5, 0.6) is 0 Å². The Balaban J connectivity index is 2.58. The molecule has 1 aliphatic rings. The highest BCUT2D eigenvalue weighted by atomic mass is 16.6. The molecule has 4 heteroatoms. The Labute approximate surface area is 72.1 Å². The van der Waals surface area contributed by atoms with E-state index < -0.39 is 11.7 Å². The van der Waals surface area contributed by atoms with E-state index in [4.69, 9.17) is 14.6 Å². The molecule has 2 N–H and O–H groups in total. The molecule has 1 saturated heterocycles. The lowest BCUT2D eigenvalue weighted by Crippen LogP contribution is -2.44. The summed E-state index contributed by atoms with van der Waals surface area (Å²) in [7, 11) is 1.55. The molecule has 3 atom stereocenters. The van der Waals surface area contributed by atoms with E-state index in [2.05, 4.69) is 0 Å². The van der Waals surface area contributed by atoms with Gasteiger partial charge in [-0.1, -0.05) is 0 Å². The number of ether oxygens (including phenoxy) is 2. The second-order valence-corrected chi connectivity index (χ2v) is 3.36. The summed E-state index contributed by atoms with van der Waals surface area (Å²) in [5.74, 6) is 0. The van der Waals surface area contributed by atoms with E-state index in [1.807, 2.05) is 6.92 Å². The van der Waals surface area contributed by atoms with E-state index in [0.29, 0.717) is 13.0 Å². The van der Waals surface area contributed by atoms with Crippen LogP contribution < -0.4 is 0 Å². The Morgan fingerprint density at radius 2 is 2.33 bits per heavy atom. The largest absolute Gasteiger partial charge is 0.393 e. The molecule has 1 fully saturated rings. The SMILES string of the molecule is COC[C@H]1O[C@@H](C)CC1(O)CO. The fourth-order valence-electron chi connectivity index (χ4n) is 1.60. The second kappa shape index (κ2) is 3.70. The van der Waals surface area contributed by atoms with Gasteiger partial charge in [0.15, 0.2) is 0 Å². The number of hydrogen-bond donors (Lipinski definition) is 2. The molecule has 0 spiro atoms. The van der Waals surface area contributed by atoms with Crippen LogP contribution in [0.25, 0.3) is 0 Å². The molecule has 0 aromatic rings. The summed E-state index contributed by atoms with van der Waals surface area (Å²) in [6.45, 7) is 1.92. The highest BCUT2D eigenvalue weighted by molar-refractivity contribution is 4.94. The van der Waals surface area contributed by atoms with Crippen molar-refractivity contribution in [1.29, 1.82) is 0 Å². The first-order chi connectivity index (χ1) is 5.62. The first-order valence-electron chi connectivity index (χ1n) is 4.10. The van der Waals surface area contributed by atoms with Gasteiger partial charge < -0.3 is 19.7 Å². The third kappa shape index (κ3) is 1.77. The summed E-state index contributed by atoms with van der Waals surface area (Å²) in [5.41, 5.74) is -1.12. The van der Waals surface area contributed by atoms with Gasteiger partial charge in [-0.15, -0.1) is 0 Å². The van der Waals surface area contributed by atoms with Crippen molar-refractivity contribution in [3.8, 4) is 0 Å². The minimum Gasteiger partial charge on any atom is -0.393 e. The number of aliphatic hydroxyl groups is 2. The van der Waals surface area contributed by atoms with E-state index in [1.165, 1.54) is 0 Å². The van der Waals surface area contributed by atoms with Crippen molar-refractivity contribution >= 4 is 0 Å². The molecular formula is C8H16O4. The summed E-state index contributed by atoms with van der Waals surface area (Å²) in [5, 5.41) is 18.8. The molecule has 0 saturated carbocycles. The van der Waals surface area contributed by atoms with Gasteiger partial charge in [0.05, 0.1) is 19.3 Å². The maximum atomic E-state index is 9.81. The van der Waals surface area contributed by atoms with Gasteiger partial charge in [0.1, 0.15) is 11.7 Å². The van der Waals surface area contributed by atoms with Gasteiger partial charge in [-0.2, -0.15) is 0 Å². The molecule has 0 aliphatic carbocycles. The molecule has 0 radical (unpaired) electrons. The molecule has 0 amide bonds. The van der Waals surface area contributed by atoms with E-state index in [0.717, 1.165) is 0 Å². The van der Waals surface area contributed by atoms with Crippen LogP contribution in [0.1, 0.15) is 13.3 Å². The predicted octanol–water partition coefficient (Wildman–Crippen LogP) is -0.466. The van der Waals surface area contributed by atoms with Crippen molar-refractivity contribution in [2.75, 3.05) is 20.3 Å². The average Bonchev–Trinajstić information content (AvgIpc) is 2.29. The van der Waals surface area contributed by atoms with Gasteiger partial charge in [0, 0.05) is 13.5 Å². The molecule has 1 heterocycles. The fourth-order valence-corrected chi connectivity index (χ4v) is 1.60. The van der Waals surface area contributed by atoms with Gasteiger partial charge in [0.25, 0.3) is 0 Å². The van der Waals surface area contributed by atoms with Gasteiger partial charge in [-0.3, -0.25) is 0 Å². The molecular weight excluding hydrogens is 160 g/mol. The maximum Gasteiger partial charge on any atom is 0.118 e. The van der Waals surface area contributed by atoms with Crippen molar-refractivity contribution < 1.29 is 19.7 Å². The zero-order chi connectivity index (χ0) is 9.19. The Morgan fingerprint density at radius 3 is 2.83 bits per heavy atom. The van der Waals surface area contributed by atoms with Crippen molar-refractivity contribution in [1.82, 2.24) is 0 Å². The summed E-state index contributed by atoms with van der Waals surface area (Å²) in [6.07, 6.45) is 0.0575. The standard InChI is InChI=1S/C8H16O4/c1-6-3-8(10,5-9)7(12-6)4-11-2/h6-7,9-10H,3-5H2,1-2H3/t6-,7+,8?/m0/s1. The molecule has 4 nitrogen and oxygen atoms in total. The molecule has 1 aliphatic heterocycles. The minimum atomic E-state index is -1.12. The summed E-state index contributed by atoms with van der Waals surface area (Å²) >= 11 is 0. The highest BCUT2D eigenvalue weighted by Crippen LogP contribution is 2.30. The summed E-state index contributed by atoms with van der Waals surface area (Å²) in [6, 6.07) is 0. The second-order valence-electron chi connectivity index (χ2n) is 3.36. The van der Waals surface area contributed by atoms with E-state index >= 15 is 0 Å². The predicted molar refractivity (Wildman–Crippen MR) is 42.9 cm³/mol. The average molecular weight is 176 g/mol. The van der Waals surface area contributed by atoms with Crippen LogP contribution in [-0.2, 0) is 9.47 Å². The Morgan fingerprint density at radius 1 is 1.67 bits per heavy atom. The molecule has 12 heavy (non-hydrogen) atoms. The Hall–Kier alpha value is -0.160. The molecule has 1 unspecified atom stereocenters. The van der Waals surface area contributed by atoms with Crippen LogP contribution in [-0.4, -0.2) is 48.3 Å². The smallest absolute Gasteiger partial charge is 0.118 e. The van der Waals surface area contributed by atoms with Crippen LogP contribution in [0.3, 0.4) is 0 Å². The van der Waals surface area contributed by atoms with Crippen LogP contribution in [0.15, 0.2) is 0 Å². The van der Waals surface area contributed by atoms with Crippen molar-refractivity contribution in [3.05, 3.63) is 0 Å². The van der Waals surface area contributed by atoms with Gasteiger partial charge in [0.2, 0.25) is 0 Å². The number of rotatable bonds is 3. The van der Waals surface area contributed by atoms with Gasteiger partial charge in [-0.05, 0) is 6.92 Å². The van der Waals surface area contributed by atoms with Crippen molar-refractivity contribution in [3.63, 3.8) is 0 Å². The first kappa shape index (κ1) is 9.92. The lowest BCUT2D eigenvalue weighted by Gasteiger charge is -2.25. The minimum absolute atomic E-state index is 0.0118. The number of methoxy groups -OCH3 is 1. The maximum absolute atomic E-state index is 9.81. The van der Waals surface area contributed by atoms with Crippen LogP contribution in [0.4, 0.5) is 0 Å². The van der Waals surface area contributed by atoms with Crippen LogP contribution >= 0.6 is 0 Å². The number of hydrogen-bond acceptors (Lipinski definition) is 4. The monoisotopic (exact) mass is 176 g/mol. The zero-order valence-electron chi connectivity index (χ0n) is 7.49. The third-order valence-electron chi connectivity index (χ3n) is 2.23. The molecule has 72 valence electrons. The van der Waals surface area contributed by atoms with Gasteiger partial charge in [-0.25, -0.2) is 0 Å². The normalized spacial score (nSPS) is 42.0. The molecule has 0 bridgehead atoms. The molecule has 0 aromatic carbocycles.